The minimum Gasteiger partial charge on any atom is -0.444 e. The zero-order valence-electron chi connectivity index (χ0n) is 25.4. The van der Waals surface area contributed by atoms with Crippen LogP contribution in [0.1, 0.15) is 69.4 Å². The van der Waals surface area contributed by atoms with Gasteiger partial charge in [-0.1, -0.05) is 18.2 Å². The third-order valence-electron chi connectivity index (χ3n) is 7.05. The summed E-state index contributed by atoms with van der Waals surface area (Å²) in [6.07, 6.45) is 3.03. The van der Waals surface area contributed by atoms with Gasteiger partial charge in [-0.2, -0.15) is 5.10 Å². The summed E-state index contributed by atoms with van der Waals surface area (Å²) in [6.45, 7) is 13.0. The molecule has 0 saturated carbocycles. The van der Waals surface area contributed by atoms with Crippen molar-refractivity contribution in [3.8, 4) is 11.3 Å². The molecule has 10 nitrogen and oxygen atoms in total. The molecule has 1 aliphatic rings. The lowest BCUT2D eigenvalue weighted by Crippen LogP contribution is -2.39. The Morgan fingerprint density at radius 3 is 2.56 bits per heavy atom. The van der Waals surface area contributed by atoms with E-state index in [0.717, 1.165) is 35.0 Å². The number of nitrogens with one attached hydrogen (secondary N) is 1. The van der Waals surface area contributed by atoms with Crippen LogP contribution in [-0.2, 0) is 16.0 Å². The number of hydrogen-bond acceptors (Lipinski definition) is 7. The molecule has 0 aliphatic carbocycles. The second kappa shape index (κ2) is 13.0. The first-order valence-corrected chi connectivity index (χ1v) is 14.4. The quantitative estimate of drug-likeness (QED) is 0.395. The minimum atomic E-state index is -0.521. The average Bonchev–Trinajstić information content (AvgIpc) is 3.35. The van der Waals surface area contributed by atoms with Gasteiger partial charge >= 0.3 is 6.09 Å². The summed E-state index contributed by atoms with van der Waals surface area (Å²) in [4.78, 5) is 34.5. The molecule has 222 valence electrons. The molecule has 1 aromatic carbocycles. The van der Waals surface area contributed by atoms with Crippen molar-refractivity contribution in [2.24, 2.45) is 0 Å². The molecule has 3 heterocycles. The van der Waals surface area contributed by atoms with Crippen molar-refractivity contribution >= 4 is 23.0 Å². The van der Waals surface area contributed by atoms with E-state index in [0.29, 0.717) is 44.1 Å². The van der Waals surface area contributed by atoms with E-state index in [1.165, 1.54) is 0 Å². The molecule has 1 saturated heterocycles. The van der Waals surface area contributed by atoms with Crippen LogP contribution in [0.3, 0.4) is 0 Å². The molecule has 0 spiro atoms. The first-order valence-electron chi connectivity index (χ1n) is 14.4. The lowest BCUT2D eigenvalue weighted by Gasteiger charge is -2.26. The van der Waals surface area contributed by atoms with E-state index in [9.17, 15) is 9.59 Å². The molecular weight excluding hydrogens is 520 g/mol. The highest BCUT2D eigenvalue weighted by molar-refractivity contribution is 6.06. The van der Waals surface area contributed by atoms with Gasteiger partial charge < -0.3 is 24.6 Å². The largest absolute Gasteiger partial charge is 0.444 e. The number of nitrogens with zero attached hydrogens (tertiary/aromatic N) is 5. The van der Waals surface area contributed by atoms with Gasteiger partial charge in [-0.3, -0.25) is 4.79 Å². The molecule has 0 atom stereocenters. The number of rotatable bonds is 9. The molecule has 2 amide bonds. The number of amides is 2. The Labute approximate surface area is 243 Å². The van der Waals surface area contributed by atoms with Crippen molar-refractivity contribution in [2.45, 2.75) is 71.7 Å². The molecular formula is C31H44N6O4. The van der Waals surface area contributed by atoms with Crippen LogP contribution in [0.4, 0.5) is 4.79 Å². The first-order chi connectivity index (χ1) is 19.4. The van der Waals surface area contributed by atoms with Crippen molar-refractivity contribution in [1.82, 2.24) is 29.9 Å². The van der Waals surface area contributed by atoms with E-state index in [1.54, 1.807) is 18.1 Å². The number of carbonyl (C=O) groups excluding carboxylic acids is 2. The Morgan fingerprint density at radius 1 is 1.15 bits per heavy atom. The standard InChI is InChI=1S/C31H44N6O4/c1-21(2)37-28-26(19-32-37)25(29(38)33-24-11-15-40-16-12-24)18-27(34-28)23-10-8-9-22(17-23)20-35(6)13-14-36(7)30(39)41-31(3,4)5/h8-10,17-19,21,24H,11-16,20H2,1-7H3,(H,33,38). The van der Waals surface area contributed by atoms with E-state index in [-0.39, 0.29) is 24.1 Å². The minimum absolute atomic E-state index is 0.0938. The van der Waals surface area contributed by atoms with Crippen LogP contribution in [0.5, 0.6) is 0 Å². The maximum Gasteiger partial charge on any atom is 0.410 e. The number of likely N-dealkylation sites (N-methyl/N-ethyl adjacent to an activating group) is 2. The fraction of sp³-hybridized carbons (Fsp3) is 0.548. The maximum absolute atomic E-state index is 13.5. The third-order valence-corrected chi connectivity index (χ3v) is 7.05. The third kappa shape index (κ3) is 8.04. The van der Waals surface area contributed by atoms with Gasteiger partial charge in [0.1, 0.15) is 5.60 Å². The smallest absolute Gasteiger partial charge is 0.410 e. The number of pyridine rings is 1. The van der Waals surface area contributed by atoms with Gasteiger partial charge in [0.25, 0.3) is 5.91 Å². The Kier molecular flexibility index (Phi) is 9.65. The van der Waals surface area contributed by atoms with Crippen molar-refractivity contribution < 1.29 is 19.1 Å². The summed E-state index contributed by atoms with van der Waals surface area (Å²) in [5, 5.41) is 8.50. The molecule has 2 aromatic heterocycles. The molecule has 1 N–H and O–H groups in total. The van der Waals surface area contributed by atoms with Crippen molar-refractivity contribution in [3.63, 3.8) is 0 Å². The normalized spacial score (nSPS) is 14.6. The number of hydrogen-bond donors (Lipinski definition) is 1. The summed E-state index contributed by atoms with van der Waals surface area (Å²) < 4.78 is 12.8. The lowest BCUT2D eigenvalue weighted by molar-refractivity contribution is 0.0286. The highest BCUT2D eigenvalue weighted by Gasteiger charge is 2.23. The second-order valence-corrected chi connectivity index (χ2v) is 12.2. The van der Waals surface area contributed by atoms with Crippen LogP contribution < -0.4 is 5.32 Å². The van der Waals surface area contributed by atoms with Crippen molar-refractivity contribution in [1.29, 1.82) is 0 Å². The summed E-state index contributed by atoms with van der Waals surface area (Å²) >= 11 is 0. The number of ether oxygens (including phenoxy) is 2. The summed E-state index contributed by atoms with van der Waals surface area (Å²) in [5.41, 5.74) is 3.52. The molecule has 41 heavy (non-hydrogen) atoms. The van der Waals surface area contributed by atoms with Crippen LogP contribution in [0, 0.1) is 0 Å². The van der Waals surface area contributed by atoms with Gasteiger partial charge in [0, 0.05) is 57.5 Å². The first kappa shape index (κ1) is 30.5. The van der Waals surface area contributed by atoms with E-state index in [4.69, 9.17) is 14.5 Å². The molecule has 0 unspecified atom stereocenters. The fourth-order valence-corrected chi connectivity index (χ4v) is 4.81. The van der Waals surface area contributed by atoms with Gasteiger partial charge in [0.15, 0.2) is 5.65 Å². The van der Waals surface area contributed by atoms with E-state index in [1.807, 2.05) is 50.7 Å². The van der Waals surface area contributed by atoms with Crippen LogP contribution >= 0.6 is 0 Å². The van der Waals surface area contributed by atoms with E-state index in [2.05, 4.69) is 41.3 Å². The van der Waals surface area contributed by atoms with Gasteiger partial charge in [0.05, 0.1) is 22.8 Å². The zero-order valence-corrected chi connectivity index (χ0v) is 25.4. The molecule has 0 radical (unpaired) electrons. The predicted molar refractivity (Wildman–Crippen MR) is 160 cm³/mol. The summed E-state index contributed by atoms with van der Waals surface area (Å²) in [6, 6.07) is 10.3. The lowest BCUT2D eigenvalue weighted by atomic mass is 10.0. The van der Waals surface area contributed by atoms with Crippen LogP contribution in [-0.4, -0.2) is 88.6 Å². The average molecular weight is 565 g/mol. The van der Waals surface area contributed by atoms with Gasteiger partial charge in [0.2, 0.25) is 0 Å². The van der Waals surface area contributed by atoms with Gasteiger partial charge in [-0.15, -0.1) is 0 Å². The number of aromatic nitrogens is 3. The molecule has 3 aromatic rings. The van der Waals surface area contributed by atoms with Crippen molar-refractivity contribution in [2.75, 3.05) is 40.4 Å². The van der Waals surface area contributed by atoms with E-state index < -0.39 is 5.60 Å². The number of carbonyl (C=O) groups is 2. The zero-order chi connectivity index (χ0) is 29.7. The monoisotopic (exact) mass is 564 g/mol. The maximum atomic E-state index is 13.5. The van der Waals surface area contributed by atoms with Crippen molar-refractivity contribution in [3.05, 3.63) is 47.7 Å². The Hall–Kier alpha value is -3.50. The van der Waals surface area contributed by atoms with E-state index >= 15 is 0 Å². The van der Waals surface area contributed by atoms with Gasteiger partial charge in [-0.05, 0) is 72.2 Å². The second-order valence-electron chi connectivity index (χ2n) is 12.2. The molecule has 1 fully saturated rings. The topological polar surface area (TPSA) is 102 Å². The number of fused-ring (bicyclic) bond motifs is 1. The van der Waals surface area contributed by atoms with Crippen LogP contribution in [0.15, 0.2) is 36.5 Å². The SMILES string of the molecule is CC(C)n1ncc2c(C(=O)NC3CCOCC3)cc(-c3cccc(CN(C)CCN(C)C(=O)OC(C)(C)C)c3)nc21. The number of benzene rings is 1. The fourth-order valence-electron chi connectivity index (χ4n) is 4.81. The molecule has 10 heteroatoms. The van der Waals surface area contributed by atoms with Crippen LogP contribution in [0.2, 0.25) is 0 Å². The predicted octanol–water partition coefficient (Wildman–Crippen LogP) is 4.89. The molecule has 4 rings (SSSR count). The van der Waals surface area contributed by atoms with Crippen LogP contribution in [0.25, 0.3) is 22.3 Å². The summed E-state index contributed by atoms with van der Waals surface area (Å²) in [7, 11) is 3.78. The highest BCUT2D eigenvalue weighted by atomic mass is 16.6. The van der Waals surface area contributed by atoms with Gasteiger partial charge in [-0.25, -0.2) is 14.5 Å². The molecule has 0 bridgehead atoms. The Morgan fingerprint density at radius 2 is 1.88 bits per heavy atom. The Balaban J connectivity index is 1.53. The summed E-state index contributed by atoms with van der Waals surface area (Å²) in [5.74, 6) is -0.112. The highest BCUT2D eigenvalue weighted by Crippen LogP contribution is 2.27. The Bertz CT molecular complexity index is 1360. The molecule has 1 aliphatic heterocycles.